The molecule has 1 atom stereocenters. The van der Waals surface area contributed by atoms with Gasteiger partial charge in [-0.2, -0.15) is 16.8 Å². The third-order valence-electron chi connectivity index (χ3n) is 2.04. The van der Waals surface area contributed by atoms with E-state index in [2.05, 4.69) is 0 Å². The molecule has 1 radical (unpaired) electrons. The molecule has 0 amide bonds. The molecular formula is C7H8O8S3Y. The van der Waals surface area contributed by atoms with Crippen LogP contribution < -0.4 is 0 Å². The van der Waals surface area contributed by atoms with Gasteiger partial charge in [0, 0.05) is 32.7 Å². The maximum atomic E-state index is 11.0. The van der Waals surface area contributed by atoms with E-state index in [9.17, 15) is 21.0 Å². The Morgan fingerprint density at radius 3 is 1.53 bits per heavy atom. The summed E-state index contributed by atoms with van der Waals surface area (Å²) >= 11 is -2.68. The zero-order chi connectivity index (χ0) is 14.3. The van der Waals surface area contributed by atoms with Gasteiger partial charge in [-0.05, 0) is 24.6 Å². The van der Waals surface area contributed by atoms with E-state index in [1.165, 1.54) is 0 Å². The van der Waals surface area contributed by atoms with E-state index < -0.39 is 51.6 Å². The van der Waals surface area contributed by atoms with E-state index in [-0.39, 0.29) is 32.7 Å². The fourth-order valence-corrected chi connectivity index (χ4v) is 3.47. The molecule has 0 saturated carbocycles. The number of benzene rings is 1. The van der Waals surface area contributed by atoms with Crippen molar-refractivity contribution in [3.8, 4) is 0 Å². The van der Waals surface area contributed by atoms with Gasteiger partial charge in [0.1, 0.15) is 0 Å². The monoisotopic (exact) mass is 405 g/mol. The van der Waals surface area contributed by atoms with Crippen LogP contribution in [-0.2, 0) is 64.0 Å². The van der Waals surface area contributed by atoms with Gasteiger partial charge < -0.3 is 4.55 Å². The number of rotatable bonds is 3. The first-order valence-corrected chi connectivity index (χ1v) is 8.13. The molecule has 0 fully saturated rings. The van der Waals surface area contributed by atoms with E-state index in [0.717, 1.165) is 6.92 Å². The second-order valence-electron chi connectivity index (χ2n) is 3.24. The molecule has 0 heterocycles. The summed E-state index contributed by atoms with van der Waals surface area (Å²) in [5, 5.41) is 0. The molecule has 1 aromatic carbocycles. The van der Waals surface area contributed by atoms with Crippen LogP contribution in [0.3, 0.4) is 0 Å². The molecule has 12 heteroatoms. The Labute approximate surface area is 137 Å². The fraction of sp³-hybridized carbons (Fsp3) is 0.143. The first kappa shape index (κ1) is 19.3. The zero-order valence-corrected chi connectivity index (χ0v) is 14.6. The van der Waals surface area contributed by atoms with Crippen LogP contribution in [0, 0.1) is 6.92 Å². The molecule has 19 heavy (non-hydrogen) atoms. The molecule has 0 aliphatic rings. The van der Waals surface area contributed by atoms with E-state index in [1.54, 1.807) is 0 Å². The van der Waals surface area contributed by atoms with Crippen LogP contribution in [0.5, 0.6) is 0 Å². The molecule has 1 unspecified atom stereocenters. The maximum Gasteiger partial charge on any atom is 0.294 e. The Hall–Kier alpha value is 0.254. The van der Waals surface area contributed by atoms with E-state index in [0.29, 0.717) is 12.1 Å². The van der Waals surface area contributed by atoms with Crippen molar-refractivity contribution in [3.05, 3.63) is 17.7 Å². The molecular weight excluding hydrogens is 397 g/mol. The molecule has 0 saturated heterocycles. The standard InChI is InChI=1S/C7H8O8S3.Y/c1-4-6(17(10,11)12)2-5(16(8)9)3-7(4)18(13,14)15;/h2-3H,1H3,(H,8,9)(H,10,11,12)(H,13,14,15);. The van der Waals surface area contributed by atoms with E-state index in [4.69, 9.17) is 13.7 Å². The molecule has 1 rings (SSSR count). The van der Waals surface area contributed by atoms with Gasteiger partial charge in [-0.3, -0.25) is 9.11 Å². The summed E-state index contributed by atoms with van der Waals surface area (Å²) in [5.74, 6) is 0. The van der Waals surface area contributed by atoms with Gasteiger partial charge >= 0.3 is 0 Å². The van der Waals surface area contributed by atoms with Gasteiger partial charge in [0.05, 0.1) is 14.7 Å². The average molecular weight is 405 g/mol. The molecule has 0 spiro atoms. The van der Waals surface area contributed by atoms with Gasteiger partial charge in [-0.1, -0.05) is 0 Å². The van der Waals surface area contributed by atoms with Gasteiger partial charge in [0.2, 0.25) is 0 Å². The van der Waals surface area contributed by atoms with Gasteiger partial charge in [-0.25, -0.2) is 4.21 Å². The van der Waals surface area contributed by atoms with Crippen LogP contribution in [0.2, 0.25) is 0 Å². The molecule has 0 aromatic heterocycles. The first-order valence-electron chi connectivity index (χ1n) is 4.15. The van der Waals surface area contributed by atoms with Crippen LogP contribution in [0.25, 0.3) is 0 Å². The summed E-state index contributed by atoms with van der Waals surface area (Å²) in [4.78, 5) is -2.31. The van der Waals surface area contributed by atoms with Crippen LogP contribution in [0.15, 0.2) is 26.8 Å². The first-order chi connectivity index (χ1) is 7.94. The predicted octanol–water partition coefficient (Wildman–Crippen LogP) is 0.0665. The topological polar surface area (TPSA) is 146 Å². The Morgan fingerprint density at radius 2 is 1.32 bits per heavy atom. The molecule has 0 aliphatic heterocycles. The zero-order valence-electron chi connectivity index (χ0n) is 9.34. The Bertz CT molecular complexity index is 668. The minimum Gasteiger partial charge on any atom is -0.302 e. The van der Waals surface area contributed by atoms with Crippen LogP contribution >= 0.6 is 0 Å². The second kappa shape index (κ2) is 6.35. The molecule has 8 nitrogen and oxygen atoms in total. The SMILES string of the molecule is Cc1c(S(=O)(=O)O)cc(S(=O)O)cc1S(=O)(=O)O.[Y]. The van der Waals surface area contributed by atoms with Crippen LogP contribution in [0.4, 0.5) is 0 Å². The summed E-state index contributed by atoms with van der Waals surface area (Å²) in [6.45, 7) is 1.02. The second-order valence-corrected chi connectivity index (χ2v) is 6.99. The Kier molecular flexibility index (Phi) is 6.43. The Morgan fingerprint density at radius 1 is 1.00 bits per heavy atom. The molecule has 1 aromatic rings. The normalized spacial score (nSPS) is 13.7. The predicted molar refractivity (Wildman–Crippen MR) is 59.8 cm³/mol. The van der Waals surface area contributed by atoms with Crippen molar-refractivity contribution in [2.45, 2.75) is 21.6 Å². The van der Waals surface area contributed by atoms with E-state index in [1.807, 2.05) is 0 Å². The average Bonchev–Trinajstić information content (AvgIpc) is 2.13. The Balaban J connectivity index is 0.00000324. The summed E-state index contributed by atoms with van der Waals surface area (Å²) in [7, 11) is -9.59. The number of hydrogen-bond acceptors (Lipinski definition) is 5. The van der Waals surface area contributed by atoms with Crippen molar-refractivity contribution in [1.82, 2.24) is 0 Å². The van der Waals surface area contributed by atoms with Gasteiger partial charge in [0.15, 0.2) is 11.1 Å². The summed E-state index contributed by atoms with van der Waals surface area (Å²) in [6, 6.07) is 1.30. The van der Waals surface area contributed by atoms with Crippen LogP contribution in [0.1, 0.15) is 5.56 Å². The van der Waals surface area contributed by atoms with Gasteiger partial charge in [0.25, 0.3) is 20.2 Å². The molecule has 3 N–H and O–H groups in total. The molecule has 0 aliphatic carbocycles. The summed E-state index contributed by atoms with van der Waals surface area (Å²) < 4.78 is 81.4. The molecule has 0 bridgehead atoms. The fourth-order valence-electron chi connectivity index (χ4n) is 1.27. The largest absolute Gasteiger partial charge is 0.302 e. The van der Waals surface area contributed by atoms with Crippen molar-refractivity contribution in [2.75, 3.05) is 0 Å². The summed E-state index contributed by atoms with van der Waals surface area (Å²) in [5.41, 5.74) is -0.450. The van der Waals surface area contributed by atoms with Crippen molar-refractivity contribution >= 4 is 31.3 Å². The van der Waals surface area contributed by atoms with Crippen molar-refractivity contribution in [1.29, 1.82) is 0 Å². The molecule has 105 valence electrons. The van der Waals surface area contributed by atoms with Gasteiger partial charge in [-0.15, -0.1) is 0 Å². The summed E-state index contributed by atoms with van der Waals surface area (Å²) in [6.07, 6.45) is 0. The number of hydrogen-bond donors (Lipinski definition) is 3. The van der Waals surface area contributed by atoms with Crippen molar-refractivity contribution < 1.29 is 67.4 Å². The maximum absolute atomic E-state index is 11.0. The van der Waals surface area contributed by atoms with E-state index >= 15 is 0 Å². The third kappa shape index (κ3) is 4.64. The minimum absolute atomic E-state index is 0. The van der Waals surface area contributed by atoms with Crippen molar-refractivity contribution in [3.63, 3.8) is 0 Å². The third-order valence-corrected chi connectivity index (χ3v) is 4.64. The quantitative estimate of drug-likeness (QED) is 0.473. The smallest absolute Gasteiger partial charge is 0.294 e. The minimum atomic E-state index is -4.79. The van der Waals surface area contributed by atoms with Crippen LogP contribution in [-0.4, -0.2) is 34.7 Å². The van der Waals surface area contributed by atoms with Crippen molar-refractivity contribution in [2.24, 2.45) is 0 Å².